The van der Waals surface area contributed by atoms with Crippen molar-refractivity contribution in [3.8, 4) is 11.5 Å². The fourth-order valence-electron chi connectivity index (χ4n) is 4.76. The van der Waals surface area contributed by atoms with Crippen LogP contribution in [-0.2, 0) is 9.59 Å². The fraction of sp³-hybridized carbons (Fsp3) is 0.423. The minimum atomic E-state index is -0.414. The number of benzene rings is 2. The first kappa shape index (κ1) is 23.6. The molecule has 1 aliphatic carbocycles. The van der Waals surface area contributed by atoms with Crippen LogP contribution in [0, 0.1) is 5.92 Å². The van der Waals surface area contributed by atoms with Crippen LogP contribution in [0.4, 0.5) is 11.4 Å². The van der Waals surface area contributed by atoms with Gasteiger partial charge in [-0.15, -0.1) is 0 Å². The molecule has 0 radical (unpaired) electrons. The first-order valence-corrected chi connectivity index (χ1v) is 11.7. The average Bonchev–Trinajstić information content (AvgIpc) is 3.27. The van der Waals surface area contributed by atoms with Crippen LogP contribution in [0.3, 0.4) is 0 Å². The maximum Gasteiger partial charge on any atom is 0.255 e. The van der Waals surface area contributed by atoms with E-state index in [0.717, 1.165) is 25.7 Å². The summed E-state index contributed by atoms with van der Waals surface area (Å²) in [5, 5.41) is 5.73. The summed E-state index contributed by atoms with van der Waals surface area (Å²) < 4.78 is 10.9. The summed E-state index contributed by atoms with van der Waals surface area (Å²) in [4.78, 5) is 40.1. The molecular formula is C26H31N3O5. The molecule has 1 saturated heterocycles. The molecule has 3 amide bonds. The Morgan fingerprint density at radius 2 is 1.53 bits per heavy atom. The molecule has 1 saturated carbocycles. The van der Waals surface area contributed by atoms with Crippen molar-refractivity contribution in [2.24, 2.45) is 5.92 Å². The van der Waals surface area contributed by atoms with Gasteiger partial charge >= 0.3 is 0 Å². The van der Waals surface area contributed by atoms with E-state index >= 15 is 0 Å². The Kier molecular flexibility index (Phi) is 7.35. The van der Waals surface area contributed by atoms with Crippen molar-refractivity contribution in [2.45, 2.75) is 44.6 Å². The van der Waals surface area contributed by atoms with E-state index in [1.165, 1.54) is 20.6 Å². The Bertz CT molecular complexity index is 1050. The normalized spacial score (nSPS) is 18.5. The molecule has 0 spiro atoms. The number of methoxy groups -OCH3 is 2. The Balaban J connectivity index is 1.47. The zero-order valence-electron chi connectivity index (χ0n) is 19.6. The van der Waals surface area contributed by atoms with Gasteiger partial charge in [0.1, 0.15) is 11.5 Å². The predicted molar refractivity (Wildman–Crippen MR) is 129 cm³/mol. The lowest BCUT2D eigenvalue weighted by atomic mass is 9.94. The smallest absolute Gasteiger partial charge is 0.255 e. The molecule has 2 N–H and O–H groups in total. The van der Waals surface area contributed by atoms with Gasteiger partial charge in [0.15, 0.2) is 0 Å². The van der Waals surface area contributed by atoms with Gasteiger partial charge in [0, 0.05) is 36.7 Å². The predicted octanol–water partition coefficient (Wildman–Crippen LogP) is 4.08. The summed E-state index contributed by atoms with van der Waals surface area (Å²) in [6.45, 7) is 0.444. The van der Waals surface area contributed by atoms with Crippen molar-refractivity contribution in [2.75, 3.05) is 31.4 Å². The first-order valence-electron chi connectivity index (χ1n) is 11.7. The number of amides is 3. The Hall–Kier alpha value is -3.55. The van der Waals surface area contributed by atoms with Crippen molar-refractivity contribution < 1.29 is 23.9 Å². The second kappa shape index (κ2) is 10.6. The summed E-state index contributed by atoms with van der Waals surface area (Å²) in [5.74, 6) is -0.117. The lowest BCUT2D eigenvalue weighted by molar-refractivity contribution is -0.130. The van der Waals surface area contributed by atoms with Gasteiger partial charge in [0.25, 0.3) is 5.91 Å². The highest BCUT2D eigenvalue weighted by Crippen LogP contribution is 2.37. The van der Waals surface area contributed by atoms with Gasteiger partial charge in [-0.3, -0.25) is 14.4 Å². The number of nitrogens with zero attached hydrogens (tertiary/aromatic N) is 1. The number of ether oxygens (including phenoxy) is 2. The van der Waals surface area contributed by atoms with Gasteiger partial charge in [-0.05, 0) is 25.0 Å². The summed E-state index contributed by atoms with van der Waals surface area (Å²) >= 11 is 0. The number of likely N-dealkylation sites (tertiary alicyclic amines) is 1. The Labute approximate surface area is 199 Å². The second-order valence-corrected chi connectivity index (χ2v) is 8.80. The molecule has 1 heterocycles. The summed E-state index contributed by atoms with van der Waals surface area (Å²) in [6.07, 6.45) is 5.73. The highest BCUT2D eigenvalue weighted by atomic mass is 16.5. The van der Waals surface area contributed by atoms with Gasteiger partial charge in [0.2, 0.25) is 11.8 Å². The van der Waals surface area contributed by atoms with Crippen molar-refractivity contribution in [3.63, 3.8) is 0 Å². The Morgan fingerprint density at radius 3 is 2.15 bits per heavy atom. The maximum atomic E-state index is 13.0. The number of nitrogens with one attached hydrogen (secondary N) is 2. The second-order valence-electron chi connectivity index (χ2n) is 8.80. The van der Waals surface area contributed by atoms with E-state index in [2.05, 4.69) is 10.6 Å². The van der Waals surface area contributed by atoms with Crippen molar-refractivity contribution in [3.05, 3.63) is 48.0 Å². The number of hydrogen-bond acceptors (Lipinski definition) is 5. The fourth-order valence-corrected chi connectivity index (χ4v) is 4.76. The first-order chi connectivity index (χ1) is 16.5. The molecule has 1 atom stereocenters. The molecule has 0 unspecified atom stereocenters. The molecule has 8 nitrogen and oxygen atoms in total. The third-order valence-corrected chi connectivity index (χ3v) is 6.61. The van der Waals surface area contributed by atoms with Gasteiger partial charge in [-0.25, -0.2) is 0 Å². The molecule has 2 aromatic carbocycles. The average molecular weight is 466 g/mol. The lowest BCUT2D eigenvalue weighted by Crippen LogP contribution is -2.38. The molecule has 1 aliphatic heterocycles. The van der Waals surface area contributed by atoms with Crippen LogP contribution in [0.25, 0.3) is 0 Å². The van der Waals surface area contributed by atoms with E-state index in [4.69, 9.17) is 9.47 Å². The van der Waals surface area contributed by atoms with Crippen LogP contribution in [0.2, 0.25) is 0 Å². The zero-order chi connectivity index (χ0) is 24.1. The number of hydrogen-bond donors (Lipinski definition) is 2. The van der Waals surface area contributed by atoms with Crippen LogP contribution in [-0.4, -0.2) is 49.4 Å². The highest BCUT2D eigenvalue weighted by molar-refractivity contribution is 6.06. The third kappa shape index (κ3) is 5.16. The molecule has 34 heavy (non-hydrogen) atoms. The third-order valence-electron chi connectivity index (χ3n) is 6.61. The largest absolute Gasteiger partial charge is 0.494 e. The van der Waals surface area contributed by atoms with Crippen LogP contribution in [0.1, 0.15) is 48.9 Å². The minimum Gasteiger partial charge on any atom is -0.494 e. The number of carbonyl (C=O) groups is 3. The summed E-state index contributed by atoms with van der Waals surface area (Å²) in [6, 6.07) is 12.3. The molecule has 8 heteroatoms. The molecule has 0 bridgehead atoms. The summed E-state index contributed by atoms with van der Waals surface area (Å²) in [7, 11) is 2.98. The molecule has 180 valence electrons. The van der Waals surface area contributed by atoms with Crippen molar-refractivity contribution >= 4 is 29.1 Å². The van der Waals surface area contributed by atoms with Crippen LogP contribution in [0.15, 0.2) is 42.5 Å². The molecule has 4 rings (SSSR count). The van der Waals surface area contributed by atoms with Gasteiger partial charge in [-0.2, -0.15) is 0 Å². The monoisotopic (exact) mass is 465 g/mol. The standard InChI is InChI=1S/C26H31N3O5/c1-33-22-15-21(23(34-2)14-20(22)27-25(31)17-9-5-3-6-10-17)28-26(32)18-13-24(30)29(16-18)19-11-7-4-8-12-19/h3,5-6,9-10,14-15,18-19H,4,7-8,11-13,16H2,1-2H3,(H,27,31)(H,28,32)/t18-/m1/s1. The van der Waals surface area contributed by atoms with Crippen LogP contribution < -0.4 is 20.1 Å². The van der Waals surface area contributed by atoms with Gasteiger partial charge in [-0.1, -0.05) is 37.5 Å². The Morgan fingerprint density at radius 1 is 0.912 bits per heavy atom. The number of anilines is 2. The highest BCUT2D eigenvalue weighted by Gasteiger charge is 2.38. The van der Waals surface area contributed by atoms with Crippen LogP contribution >= 0.6 is 0 Å². The SMILES string of the molecule is COc1cc(NC(=O)[C@@H]2CC(=O)N(C3CCCCC3)C2)c(OC)cc1NC(=O)c1ccccc1. The molecule has 2 aliphatic rings. The van der Waals surface area contributed by atoms with E-state index in [1.54, 1.807) is 36.4 Å². The zero-order valence-corrected chi connectivity index (χ0v) is 19.6. The van der Waals surface area contributed by atoms with E-state index in [9.17, 15) is 14.4 Å². The molecular weight excluding hydrogens is 434 g/mol. The van der Waals surface area contributed by atoms with E-state index in [-0.39, 0.29) is 30.2 Å². The lowest BCUT2D eigenvalue weighted by Gasteiger charge is -2.31. The van der Waals surface area contributed by atoms with Crippen molar-refractivity contribution in [1.82, 2.24) is 4.90 Å². The topological polar surface area (TPSA) is 97.0 Å². The van der Waals surface area contributed by atoms with E-state index in [1.807, 2.05) is 11.0 Å². The van der Waals surface area contributed by atoms with Gasteiger partial charge in [0.05, 0.1) is 31.5 Å². The molecule has 0 aromatic heterocycles. The number of rotatable bonds is 7. The number of carbonyl (C=O) groups excluding carboxylic acids is 3. The quantitative estimate of drug-likeness (QED) is 0.642. The van der Waals surface area contributed by atoms with Crippen molar-refractivity contribution in [1.29, 1.82) is 0 Å². The molecule has 2 fully saturated rings. The minimum absolute atomic E-state index is 0.0515. The van der Waals surface area contributed by atoms with Gasteiger partial charge < -0.3 is 25.0 Å². The summed E-state index contributed by atoms with van der Waals surface area (Å²) in [5.41, 5.74) is 1.35. The van der Waals surface area contributed by atoms with Crippen LogP contribution in [0.5, 0.6) is 11.5 Å². The van der Waals surface area contributed by atoms with E-state index < -0.39 is 5.92 Å². The molecule has 2 aromatic rings. The maximum absolute atomic E-state index is 13.0. The van der Waals surface area contributed by atoms with E-state index in [0.29, 0.717) is 35.0 Å².